The predicted molar refractivity (Wildman–Crippen MR) is 54.4 cm³/mol. The van der Waals surface area contributed by atoms with E-state index < -0.39 is 18.0 Å². The highest BCUT2D eigenvalue weighted by molar-refractivity contribution is 5.94. The van der Waals surface area contributed by atoms with Gasteiger partial charge in [-0.25, -0.2) is 0 Å². The summed E-state index contributed by atoms with van der Waals surface area (Å²) >= 11 is 0. The summed E-state index contributed by atoms with van der Waals surface area (Å²) < 4.78 is 36.8. The molecule has 0 bridgehead atoms. The van der Waals surface area contributed by atoms with E-state index in [0.717, 1.165) is 0 Å². The van der Waals surface area contributed by atoms with Crippen LogP contribution in [0.5, 0.6) is 0 Å². The van der Waals surface area contributed by atoms with E-state index in [4.69, 9.17) is 0 Å². The number of halogens is 3. The van der Waals surface area contributed by atoms with Crippen molar-refractivity contribution in [2.75, 3.05) is 13.1 Å². The number of hydrogen-bond acceptors (Lipinski definition) is 2. The lowest BCUT2D eigenvalue weighted by Crippen LogP contribution is -2.55. The largest absolute Gasteiger partial charge is 0.395 e. The van der Waals surface area contributed by atoms with Crippen molar-refractivity contribution < 1.29 is 18.0 Å². The van der Waals surface area contributed by atoms with Gasteiger partial charge in [0.1, 0.15) is 5.69 Å². The summed E-state index contributed by atoms with van der Waals surface area (Å²) in [4.78, 5) is 16.9. The van der Waals surface area contributed by atoms with Gasteiger partial charge in [0.05, 0.1) is 5.92 Å². The average Bonchev–Trinajstić information content (AvgIpc) is 2.13. The molecule has 17 heavy (non-hydrogen) atoms. The van der Waals surface area contributed by atoms with Crippen molar-refractivity contribution in [1.82, 2.24) is 9.88 Å². The molecule has 0 saturated carbocycles. The molecule has 0 aromatic carbocycles. The Morgan fingerprint density at radius 1 is 1.47 bits per heavy atom. The smallest absolute Gasteiger partial charge is 0.336 e. The molecule has 1 aliphatic heterocycles. The van der Waals surface area contributed by atoms with Gasteiger partial charge < -0.3 is 4.90 Å². The third kappa shape index (κ3) is 2.25. The molecule has 1 amide bonds. The normalized spacial score (nSPS) is 16.8. The van der Waals surface area contributed by atoms with E-state index in [1.807, 2.05) is 0 Å². The van der Waals surface area contributed by atoms with E-state index in [9.17, 15) is 18.0 Å². The Morgan fingerprint density at radius 2 is 2.12 bits per heavy atom. The first-order valence-corrected chi connectivity index (χ1v) is 5.17. The highest BCUT2D eigenvalue weighted by Gasteiger charge is 2.48. The third-order valence-corrected chi connectivity index (χ3v) is 2.84. The summed E-state index contributed by atoms with van der Waals surface area (Å²) in [5.41, 5.74) is 0.904. The van der Waals surface area contributed by atoms with Crippen molar-refractivity contribution in [2.45, 2.75) is 13.1 Å². The molecule has 0 atom stereocenters. The molecule has 1 saturated heterocycles. The fourth-order valence-corrected chi connectivity index (χ4v) is 1.71. The summed E-state index contributed by atoms with van der Waals surface area (Å²) in [5, 5.41) is 0. The maximum absolute atomic E-state index is 12.3. The molecule has 2 heterocycles. The number of aromatic nitrogens is 1. The zero-order chi connectivity index (χ0) is 12.6. The number of nitrogens with zero attached hydrogens (tertiary/aromatic N) is 2. The number of pyridine rings is 1. The van der Waals surface area contributed by atoms with E-state index in [1.54, 1.807) is 19.1 Å². The minimum atomic E-state index is -4.21. The molecule has 0 radical (unpaired) electrons. The van der Waals surface area contributed by atoms with E-state index in [1.165, 1.54) is 11.1 Å². The van der Waals surface area contributed by atoms with Crippen LogP contribution >= 0.6 is 0 Å². The molecule has 1 aliphatic rings. The molecule has 2 rings (SSSR count). The second-order valence-electron chi connectivity index (χ2n) is 4.12. The molecular formula is C11H11F3N2O. The second kappa shape index (κ2) is 4.01. The monoisotopic (exact) mass is 244 g/mol. The van der Waals surface area contributed by atoms with Gasteiger partial charge in [0.15, 0.2) is 0 Å². The van der Waals surface area contributed by atoms with Crippen molar-refractivity contribution >= 4 is 5.91 Å². The van der Waals surface area contributed by atoms with Crippen LogP contribution in [0.4, 0.5) is 13.2 Å². The number of rotatable bonds is 1. The highest BCUT2D eigenvalue weighted by Crippen LogP contribution is 2.34. The Kier molecular flexibility index (Phi) is 2.81. The van der Waals surface area contributed by atoms with Crippen LogP contribution in [0.2, 0.25) is 0 Å². The van der Waals surface area contributed by atoms with Gasteiger partial charge in [0.2, 0.25) is 0 Å². The maximum atomic E-state index is 12.3. The van der Waals surface area contributed by atoms with Gasteiger partial charge in [0.25, 0.3) is 5.91 Å². The molecule has 92 valence electrons. The highest BCUT2D eigenvalue weighted by atomic mass is 19.4. The van der Waals surface area contributed by atoms with E-state index in [-0.39, 0.29) is 18.8 Å². The van der Waals surface area contributed by atoms with Crippen LogP contribution in [0.1, 0.15) is 16.1 Å². The molecule has 0 unspecified atom stereocenters. The summed E-state index contributed by atoms with van der Waals surface area (Å²) in [6.45, 7) is 1.18. The molecule has 0 N–H and O–H groups in total. The number of carbonyl (C=O) groups is 1. The van der Waals surface area contributed by atoms with Gasteiger partial charge in [-0.05, 0) is 18.6 Å². The lowest BCUT2D eigenvalue weighted by atomic mass is 9.98. The zero-order valence-electron chi connectivity index (χ0n) is 9.16. The van der Waals surface area contributed by atoms with Crippen molar-refractivity contribution in [2.24, 2.45) is 5.92 Å². The Hall–Kier alpha value is -1.59. The first-order valence-electron chi connectivity index (χ1n) is 5.17. The SMILES string of the molecule is Cc1cccnc1C(=O)N1CC(C(F)(F)F)C1. The maximum Gasteiger partial charge on any atom is 0.395 e. The fraction of sp³-hybridized carbons (Fsp3) is 0.455. The number of carbonyl (C=O) groups excluding carboxylic acids is 1. The molecule has 1 aromatic rings. The van der Waals surface area contributed by atoms with Crippen LogP contribution in [0, 0.1) is 12.8 Å². The number of amides is 1. The number of alkyl halides is 3. The van der Waals surface area contributed by atoms with Crippen LogP contribution in [-0.4, -0.2) is 35.1 Å². The van der Waals surface area contributed by atoms with Crippen LogP contribution < -0.4 is 0 Å². The Bertz CT molecular complexity index is 439. The lowest BCUT2D eigenvalue weighted by Gasteiger charge is -2.39. The van der Waals surface area contributed by atoms with Gasteiger partial charge >= 0.3 is 6.18 Å². The van der Waals surface area contributed by atoms with Crippen LogP contribution in [-0.2, 0) is 0 Å². The Morgan fingerprint density at radius 3 is 2.65 bits per heavy atom. The van der Waals surface area contributed by atoms with Crippen molar-refractivity contribution in [3.8, 4) is 0 Å². The zero-order valence-corrected chi connectivity index (χ0v) is 9.16. The molecular weight excluding hydrogens is 233 g/mol. The van der Waals surface area contributed by atoms with Crippen molar-refractivity contribution in [3.63, 3.8) is 0 Å². The summed E-state index contributed by atoms with van der Waals surface area (Å²) in [7, 11) is 0. The molecule has 6 heteroatoms. The van der Waals surface area contributed by atoms with Gasteiger partial charge in [-0.1, -0.05) is 6.07 Å². The van der Waals surface area contributed by atoms with Gasteiger partial charge in [-0.15, -0.1) is 0 Å². The average molecular weight is 244 g/mol. The first kappa shape index (κ1) is 11.9. The van der Waals surface area contributed by atoms with Gasteiger partial charge in [0, 0.05) is 19.3 Å². The number of hydrogen-bond donors (Lipinski definition) is 0. The Labute approximate surface area is 96.3 Å². The van der Waals surface area contributed by atoms with Gasteiger partial charge in [-0.2, -0.15) is 13.2 Å². The third-order valence-electron chi connectivity index (χ3n) is 2.84. The lowest BCUT2D eigenvalue weighted by molar-refractivity contribution is -0.202. The van der Waals surface area contributed by atoms with E-state index in [0.29, 0.717) is 5.56 Å². The van der Waals surface area contributed by atoms with Crippen LogP contribution in [0.15, 0.2) is 18.3 Å². The Balaban J connectivity index is 2.03. The number of likely N-dealkylation sites (tertiary alicyclic amines) is 1. The first-order chi connectivity index (χ1) is 7.89. The number of aryl methyl sites for hydroxylation is 1. The van der Waals surface area contributed by atoms with E-state index in [2.05, 4.69) is 4.98 Å². The molecule has 3 nitrogen and oxygen atoms in total. The van der Waals surface area contributed by atoms with Crippen molar-refractivity contribution in [1.29, 1.82) is 0 Å². The summed E-state index contributed by atoms with van der Waals surface area (Å²) in [6.07, 6.45) is -2.75. The minimum Gasteiger partial charge on any atom is -0.336 e. The van der Waals surface area contributed by atoms with Crippen LogP contribution in [0.3, 0.4) is 0 Å². The van der Waals surface area contributed by atoms with Crippen LogP contribution in [0.25, 0.3) is 0 Å². The second-order valence-corrected chi connectivity index (χ2v) is 4.12. The molecule has 0 spiro atoms. The fourth-order valence-electron chi connectivity index (χ4n) is 1.71. The molecule has 0 aliphatic carbocycles. The standard InChI is InChI=1S/C11H11F3N2O/c1-7-3-2-4-15-9(7)10(17)16-5-8(6-16)11(12,13)14/h2-4,8H,5-6H2,1H3. The molecule has 1 fully saturated rings. The van der Waals surface area contributed by atoms with Gasteiger partial charge in [-0.3, -0.25) is 9.78 Å². The summed E-state index contributed by atoms with van der Waals surface area (Å²) in [5.74, 6) is -1.82. The summed E-state index contributed by atoms with van der Waals surface area (Å²) in [6, 6.07) is 3.39. The van der Waals surface area contributed by atoms with Crippen molar-refractivity contribution in [3.05, 3.63) is 29.6 Å². The predicted octanol–water partition coefficient (Wildman–Crippen LogP) is 2.02. The molecule has 1 aromatic heterocycles. The topological polar surface area (TPSA) is 33.2 Å². The quantitative estimate of drug-likeness (QED) is 0.757. The minimum absolute atomic E-state index is 0.230. The van der Waals surface area contributed by atoms with E-state index >= 15 is 0 Å².